The standard InChI is InChI=1S/C33H34N4O5/c1-6-20-16(2)24-11-25-17(3)21(7-9-32(39)40)29(35-25)14-30-22(8-10-33(41)42)18(4)26(36-30)13-31-23(15-38)19(5)27(37-31)12-28(20)34-24/h6,11-14,34-35,38H,1,7-10,15H2,2-5H3,(H,39,40)(H,41,42). The molecule has 216 valence electrons. The summed E-state index contributed by atoms with van der Waals surface area (Å²) in [6.45, 7) is 11.6. The summed E-state index contributed by atoms with van der Waals surface area (Å²) in [4.78, 5) is 39.8. The predicted molar refractivity (Wildman–Crippen MR) is 165 cm³/mol. The molecular weight excluding hydrogens is 532 g/mol. The minimum atomic E-state index is -0.907. The number of aliphatic carboxylic acids is 2. The monoisotopic (exact) mass is 566 g/mol. The number of aryl methyl sites for hydroxylation is 3. The zero-order valence-electron chi connectivity index (χ0n) is 24.2. The molecular formula is C33H34N4O5. The quantitative estimate of drug-likeness (QED) is 0.214. The second kappa shape index (κ2) is 11.3. The number of aliphatic hydroxyl groups is 1. The van der Waals surface area contributed by atoms with Crippen LogP contribution in [0.2, 0.25) is 0 Å². The molecule has 5 rings (SSSR count). The number of H-pyrrole nitrogens is 2. The first kappa shape index (κ1) is 28.8. The number of allylic oxidation sites excluding steroid dienone is 3. The van der Waals surface area contributed by atoms with Crippen molar-refractivity contribution in [3.05, 3.63) is 75.9 Å². The van der Waals surface area contributed by atoms with E-state index < -0.39 is 11.9 Å². The molecule has 5 heterocycles. The molecule has 9 nitrogen and oxygen atoms in total. The molecule has 0 aliphatic carbocycles. The maximum absolute atomic E-state index is 11.5. The Morgan fingerprint density at radius 1 is 0.738 bits per heavy atom. The Bertz CT molecular complexity index is 1890. The van der Waals surface area contributed by atoms with E-state index in [-0.39, 0.29) is 25.9 Å². The van der Waals surface area contributed by atoms with Gasteiger partial charge in [-0.2, -0.15) is 0 Å². The number of aliphatic hydroxyl groups excluding tert-OH is 1. The highest BCUT2D eigenvalue weighted by atomic mass is 16.4. The zero-order chi connectivity index (χ0) is 30.3. The second-order valence-corrected chi connectivity index (χ2v) is 10.7. The highest BCUT2D eigenvalue weighted by Gasteiger charge is 2.22. The van der Waals surface area contributed by atoms with Gasteiger partial charge in [-0.3, -0.25) is 9.59 Å². The van der Waals surface area contributed by atoms with Crippen molar-refractivity contribution in [3.63, 3.8) is 0 Å². The van der Waals surface area contributed by atoms with E-state index in [4.69, 9.17) is 9.97 Å². The maximum Gasteiger partial charge on any atom is 0.303 e. The Labute approximate surface area is 243 Å². The molecule has 0 atom stereocenters. The molecule has 2 aliphatic rings. The lowest BCUT2D eigenvalue weighted by atomic mass is 10.00. The Balaban J connectivity index is 1.94. The molecule has 3 aromatic heterocycles. The average Bonchev–Trinajstić information content (AvgIpc) is 3.59. The van der Waals surface area contributed by atoms with Crippen LogP contribution >= 0.6 is 0 Å². The van der Waals surface area contributed by atoms with E-state index in [2.05, 4.69) is 16.5 Å². The topological polar surface area (TPSA) is 152 Å². The lowest BCUT2D eigenvalue weighted by Crippen LogP contribution is -1.98. The van der Waals surface area contributed by atoms with Gasteiger partial charge in [-0.15, -0.1) is 0 Å². The van der Waals surface area contributed by atoms with Crippen LogP contribution in [0, 0.1) is 13.8 Å². The molecule has 8 bridgehead atoms. The Morgan fingerprint density at radius 3 is 1.93 bits per heavy atom. The first-order valence-electron chi connectivity index (χ1n) is 13.8. The lowest BCUT2D eigenvalue weighted by molar-refractivity contribution is -0.137. The van der Waals surface area contributed by atoms with Gasteiger partial charge >= 0.3 is 11.9 Å². The summed E-state index contributed by atoms with van der Waals surface area (Å²) in [5, 5.41) is 29.1. The Hall–Kier alpha value is -4.76. The number of carbonyl (C=O) groups is 2. The van der Waals surface area contributed by atoms with E-state index in [0.717, 1.165) is 61.0 Å². The van der Waals surface area contributed by atoms with Crippen molar-refractivity contribution in [2.45, 2.75) is 53.4 Å². The van der Waals surface area contributed by atoms with E-state index in [1.807, 2.05) is 52.0 Å². The third-order valence-corrected chi connectivity index (χ3v) is 8.26. The average molecular weight is 567 g/mol. The van der Waals surface area contributed by atoms with Crippen molar-refractivity contribution in [1.82, 2.24) is 19.9 Å². The van der Waals surface area contributed by atoms with Gasteiger partial charge in [0.1, 0.15) is 0 Å². The van der Waals surface area contributed by atoms with Gasteiger partial charge in [0.15, 0.2) is 0 Å². The third kappa shape index (κ3) is 5.19. The number of rotatable bonds is 8. The largest absolute Gasteiger partial charge is 0.481 e. The summed E-state index contributed by atoms with van der Waals surface area (Å²) >= 11 is 0. The van der Waals surface area contributed by atoms with Crippen LogP contribution in [0.15, 0.2) is 30.8 Å². The summed E-state index contributed by atoms with van der Waals surface area (Å²) < 4.78 is 0. The van der Waals surface area contributed by atoms with Crippen molar-refractivity contribution < 1.29 is 24.9 Å². The predicted octanol–water partition coefficient (Wildman–Crippen LogP) is 6.31. The van der Waals surface area contributed by atoms with Gasteiger partial charge in [0, 0.05) is 46.0 Å². The number of carboxylic acid groups (broad SMARTS) is 2. The highest BCUT2D eigenvalue weighted by Crippen LogP contribution is 2.36. The van der Waals surface area contributed by atoms with Crippen molar-refractivity contribution in [2.75, 3.05) is 6.61 Å². The number of fused-ring (bicyclic) bond motifs is 8. The van der Waals surface area contributed by atoms with Crippen LogP contribution in [0.4, 0.5) is 0 Å². The second-order valence-electron chi connectivity index (χ2n) is 10.7. The van der Waals surface area contributed by atoms with Gasteiger partial charge in [0.25, 0.3) is 0 Å². The molecule has 5 N–H and O–H groups in total. The molecule has 9 heteroatoms. The summed E-state index contributed by atoms with van der Waals surface area (Å²) in [5.41, 5.74) is 12.7. The zero-order valence-corrected chi connectivity index (χ0v) is 24.2. The molecule has 0 spiro atoms. The Kier molecular flexibility index (Phi) is 7.71. The molecule has 0 saturated heterocycles. The number of aromatic amines is 2. The normalized spacial score (nSPS) is 13.2. The van der Waals surface area contributed by atoms with Gasteiger partial charge in [-0.25, -0.2) is 9.97 Å². The van der Waals surface area contributed by atoms with Gasteiger partial charge in [-0.1, -0.05) is 12.7 Å². The van der Waals surface area contributed by atoms with Crippen LogP contribution < -0.4 is 0 Å². The lowest BCUT2D eigenvalue weighted by Gasteiger charge is -2.03. The number of aromatic nitrogens is 4. The molecule has 0 radical (unpaired) electrons. The van der Waals surface area contributed by atoms with Gasteiger partial charge in [0.05, 0.1) is 29.4 Å². The van der Waals surface area contributed by atoms with Crippen LogP contribution in [0.25, 0.3) is 50.4 Å². The van der Waals surface area contributed by atoms with Crippen LogP contribution in [0.3, 0.4) is 0 Å². The fraction of sp³-hybridized carbons (Fsp3) is 0.273. The first-order valence-corrected chi connectivity index (χ1v) is 13.8. The van der Waals surface area contributed by atoms with Gasteiger partial charge < -0.3 is 25.3 Å². The SMILES string of the molecule is C=Cc1c(C)c2cc3[nH]c(cc4nc(cc5nc(cc1[nH]2)C(C)=C5CO)C(C)=C4CCC(=O)O)c(CCC(=O)O)c3C. The van der Waals surface area contributed by atoms with E-state index in [1.165, 1.54) is 0 Å². The molecule has 0 amide bonds. The molecule has 3 aromatic rings. The number of nitrogens with zero attached hydrogens (tertiary/aromatic N) is 2. The number of carboxylic acids is 2. The van der Waals surface area contributed by atoms with Crippen LogP contribution in [-0.2, 0) is 16.0 Å². The highest BCUT2D eigenvalue weighted by molar-refractivity contribution is 5.96. The molecule has 2 aliphatic heterocycles. The summed E-state index contributed by atoms with van der Waals surface area (Å²) in [6.07, 6.45) is 2.31. The Morgan fingerprint density at radius 2 is 1.29 bits per heavy atom. The number of hydrogen-bond acceptors (Lipinski definition) is 5. The maximum atomic E-state index is 11.5. The van der Waals surface area contributed by atoms with Gasteiger partial charge in [-0.05, 0) is 98.2 Å². The molecule has 0 saturated carbocycles. The van der Waals surface area contributed by atoms with E-state index in [1.54, 1.807) is 6.08 Å². The first-order chi connectivity index (χ1) is 20.0. The molecule has 0 fully saturated rings. The molecule has 0 unspecified atom stereocenters. The van der Waals surface area contributed by atoms with E-state index in [0.29, 0.717) is 34.8 Å². The van der Waals surface area contributed by atoms with Crippen molar-refractivity contribution >= 4 is 62.4 Å². The van der Waals surface area contributed by atoms with Crippen LogP contribution in [0.5, 0.6) is 0 Å². The summed E-state index contributed by atoms with van der Waals surface area (Å²) in [6, 6.07) is 7.68. The van der Waals surface area contributed by atoms with Crippen molar-refractivity contribution in [2.24, 2.45) is 0 Å². The fourth-order valence-electron chi connectivity index (χ4n) is 5.74. The molecule has 0 aromatic carbocycles. The minimum absolute atomic E-state index is 0.0351. The van der Waals surface area contributed by atoms with Gasteiger partial charge in [0.2, 0.25) is 0 Å². The number of hydrogen-bond donors (Lipinski definition) is 5. The minimum Gasteiger partial charge on any atom is -0.481 e. The van der Waals surface area contributed by atoms with Crippen molar-refractivity contribution in [1.29, 1.82) is 0 Å². The van der Waals surface area contributed by atoms with Crippen LogP contribution in [0.1, 0.15) is 78.1 Å². The molecule has 42 heavy (non-hydrogen) atoms. The van der Waals surface area contributed by atoms with E-state index in [9.17, 15) is 24.9 Å². The van der Waals surface area contributed by atoms with Crippen LogP contribution in [-0.4, -0.2) is 53.8 Å². The van der Waals surface area contributed by atoms with Crippen molar-refractivity contribution in [3.8, 4) is 0 Å². The fourth-order valence-corrected chi connectivity index (χ4v) is 5.74. The summed E-state index contributed by atoms with van der Waals surface area (Å²) in [5.74, 6) is -1.80. The third-order valence-electron chi connectivity index (χ3n) is 8.26. The number of nitrogens with one attached hydrogen (secondary N) is 2. The van der Waals surface area contributed by atoms with E-state index >= 15 is 0 Å². The summed E-state index contributed by atoms with van der Waals surface area (Å²) in [7, 11) is 0. The smallest absolute Gasteiger partial charge is 0.303 e.